The Balaban J connectivity index is 1.94. The maximum Gasteiger partial charge on any atom is 0.303 e. The fourth-order valence-electron chi connectivity index (χ4n) is 5.32. The summed E-state index contributed by atoms with van der Waals surface area (Å²) in [6.45, 7) is 7.56. The first-order valence-corrected chi connectivity index (χ1v) is 15.4. The van der Waals surface area contributed by atoms with E-state index in [1.165, 1.54) is 7.11 Å². The van der Waals surface area contributed by atoms with Gasteiger partial charge in [-0.3, -0.25) is 24.0 Å². The molecule has 0 aliphatic carbocycles. The standard InChI is InChI=1S/C35H38O15/c1-16(2)8-13-23-25(14-24(40)27-28(41)29(42)30(50-31(23)27)21-9-11-22(43-7)12-10-21)48-35-34(47-20(6)39)33(46-19(5)38)32(45-18(4)37)26(49-35)15-44-17(3)36/h8-12,14,26,32-35,40,42H,13,15H2,1-7H3/t26-,32-,33+,34-,35-/m1/s1. The first-order valence-electron chi connectivity index (χ1n) is 15.4. The summed E-state index contributed by atoms with van der Waals surface area (Å²) in [4.78, 5) is 62.0. The molecule has 50 heavy (non-hydrogen) atoms. The van der Waals surface area contributed by atoms with Crippen LogP contribution in [0.4, 0.5) is 0 Å². The highest BCUT2D eigenvalue weighted by Gasteiger charge is 2.53. The molecule has 2 N–H and O–H groups in total. The van der Waals surface area contributed by atoms with Crippen molar-refractivity contribution in [1.29, 1.82) is 0 Å². The number of allylic oxidation sites excluding steroid dienone is 2. The molecule has 15 heteroatoms. The van der Waals surface area contributed by atoms with Gasteiger partial charge in [-0.15, -0.1) is 0 Å². The van der Waals surface area contributed by atoms with E-state index in [4.69, 9.17) is 37.6 Å². The van der Waals surface area contributed by atoms with Crippen LogP contribution in [0.15, 0.2) is 51.2 Å². The quantitative estimate of drug-likeness (QED) is 0.166. The monoisotopic (exact) mass is 698 g/mol. The van der Waals surface area contributed by atoms with Gasteiger partial charge < -0.3 is 47.8 Å². The Morgan fingerprint density at radius 1 is 0.840 bits per heavy atom. The summed E-state index contributed by atoms with van der Waals surface area (Å²) in [5.41, 5.74) is 0.323. The maximum absolute atomic E-state index is 13.5. The van der Waals surface area contributed by atoms with Crippen LogP contribution >= 0.6 is 0 Å². The molecule has 0 unspecified atom stereocenters. The van der Waals surface area contributed by atoms with Crippen molar-refractivity contribution in [2.75, 3.05) is 13.7 Å². The number of esters is 4. The van der Waals surface area contributed by atoms with Crippen LogP contribution in [-0.2, 0) is 49.3 Å². The van der Waals surface area contributed by atoms with Gasteiger partial charge in [0.2, 0.25) is 23.6 Å². The highest BCUT2D eigenvalue weighted by atomic mass is 16.7. The van der Waals surface area contributed by atoms with E-state index in [0.717, 1.165) is 39.3 Å². The van der Waals surface area contributed by atoms with Crippen molar-refractivity contribution in [1.82, 2.24) is 0 Å². The maximum atomic E-state index is 13.5. The molecule has 1 aliphatic rings. The largest absolute Gasteiger partial charge is 0.507 e. The molecule has 0 amide bonds. The van der Waals surface area contributed by atoms with Gasteiger partial charge in [0.05, 0.1) is 7.11 Å². The topological polar surface area (TPSA) is 204 Å². The smallest absolute Gasteiger partial charge is 0.303 e. The summed E-state index contributed by atoms with van der Waals surface area (Å²) in [5.74, 6) is -4.38. The Bertz CT molecular complexity index is 1850. The van der Waals surface area contributed by atoms with Crippen molar-refractivity contribution < 1.29 is 67.0 Å². The molecule has 2 heterocycles. The van der Waals surface area contributed by atoms with E-state index in [1.54, 1.807) is 30.3 Å². The van der Waals surface area contributed by atoms with Crippen LogP contribution < -0.4 is 14.9 Å². The second kappa shape index (κ2) is 15.8. The number of aromatic hydroxyl groups is 2. The zero-order valence-electron chi connectivity index (χ0n) is 28.5. The molecule has 3 aromatic rings. The predicted molar refractivity (Wildman–Crippen MR) is 174 cm³/mol. The molecule has 0 bridgehead atoms. The summed E-state index contributed by atoms with van der Waals surface area (Å²) in [6, 6.07) is 7.43. The normalized spacial score (nSPS) is 19.9. The molecule has 2 aromatic carbocycles. The lowest BCUT2D eigenvalue weighted by Gasteiger charge is -2.44. The first-order chi connectivity index (χ1) is 23.6. The van der Waals surface area contributed by atoms with Gasteiger partial charge in [0.15, 0.2) is 18.0 Å². The van der Waals surface area contributed by atoms with E-state index in [1.807, 2.05) is 13.8 Å². The minimum atomic E-state index is -1.65. The van der Waals surface area contributed by atoms with Crippen LogP contribution in [0, 0.1) is 0 Å². The molecule has 15 nitrogen and oxygen atoms in total. The highest BCUT2D eigenvalue weighted by molar-refractivity contribution is 5.91. The third-order valence-electron chi connectivity index (χ3n) is 7.44. The van der Waals surface area contributed by atoms with E-state index < -0.39 is 78.1 Å². The lowest BCUT2D eigenvalue weighted by molar-refractivity contribution is -0.288. The molecule has 0 saturated carbocycles. The minimum absolute atomic E-state index is 0.0650. The summed E-state index contributed by atoms with van der Waals surface area (Å²) >= 11 is 0. The van der Waals surface area contributed by atoms with Gasteiger partial charge in [-0.25, -0.2) is 0 Å². The zero-order valence-corrected chi connectivity index (χ0v) is 28.5. The summed E-state index contributed by atoms with van der Waals surface area (Å²) in [5, 5.41) is 21.7. The van der Waals surface area contributed by atoms with Crippen molar-refractivity contribution in [3.8, 4) is 34.3 Å². The van der Waals surface area contributed by atoms with Gasteiger partial charge in [0.25, 0.3) is 0 Å². The first kappa shape index (κ1) is 37.3. The van der Waals surface area contributed by atoms with Crippen molar-refractivity contribution in [2.45, 2.75) is 78.7 Å². The Morgan fingerprint density at radius 3 is 2.00 bits per heavy atom. The number of rotatable bonds is 11. The number of phenolic OH excluding ortho intramolecular Hbond substituents is 1. The molecule has 5 atom stereocenters. The van der Waals surface area contributed by atoms with E-state index >= 15 is 0 Å². The Morgan fingerprint density at radius 2 is 1.44 bits per heavy atom. The molecule has 1 fully saturated rings. The number of benzene rings is 2. The summed E-state index contributed by atoms with van der Waals surface area (Å²) in [7, 11) is 1.48. The lowest BCUT2D eigenvalue weighted by Crippen LogP contribution is -2.63. The van der Waals surface area contributed by atoms with E-state index in [9.17, 15) is 34.2 Å². The number of ether oxygens (including phenoxy) is 7. The van der Waals surface area contributed by atoms with Crippen molar-refractivity contribution in [3.63, 3.8) is 0 Å². The fraction of sp³-hybridized carbons (Fsp3) is 0.400. The Labute approximate surface area is 286 Å². The van der Waals surface area contributed by atoms with Gasteiger partial charge in [0, 0.05) is 44.9 Å². The van der Waals surface area contributed by atoms with E-state index in [0.29, 0.717) is 11.3 Å². The lowest BCUT2D eigenvalue weighted by atomic mass is 9.97. The number of hydrogen-bond donors (Lipinski definition) is 2. The molecule has 4 rings (SSSR count). The van der Waals surface area contributed by atoms with E-state index in [-0.39, 0.29) is 34.5 Å². The molecule has 0 radical (unpaired) electrons. The number of carbonyl (C=O) groups excluding carboxylic acids is 4. The van der Waals surface area contributed by atoms with Crippen molar-refractivity contribution in [2.24, 2.45) is 0 Å². The second-order valence-corrected chi connectivity index (χ2v) is 11.6. The van der Waals surface area contributed by atoms with Gasteiger partial charge in [-0.1, -0.05) is 11.6 Å². The average Bonchev–Trinajstić information content (AvgIpc) is 3.03. The van der Waals surface area contributed by atoms with Crippen LogP contribution in [0.2, 0.25) is 0 Å². The average molecular weight is 699 g/mol. The molecular formula is C35H38O15. The fourth-order valence-corrected chi connectivity index (χ4v) is 5.32. The minimum Gasteiger partial charge on any atom is -0.507 e. The third-order valence-corrected chi connectivity index (χ3v) is 7.44. The number of phenols is 1. The SMILES string of the molecule is COc1ccc(-c2oc3c(CC=C(C)C)c(O[C@@H]4O[C@H](COC(C)=O)[C@@H](OC(C)=O)[C@H](OC(C)=O)[C@H]4OC(C)=O)cc(O)c3c(=O)c2O)cc1. The Kier molecular flexibility index (Phi) is 11.7. The van der Waals surface area contributed by atoms with Crippen LogP contribution in [0.5, 0.6) is 23.0 Å². The molecule has 1 aliphatic heterocycles. The Hall–Kier alpha value is -5.57. The molecule has 268 valence electrons. The molecule has 1 saturated heterocycles. The third kappa shape index (κ3) is 8.52. The molecule has 0 spiro atoms. The van der Waals surface area contributed by atoms with E-state index in [2.05, 4.69) is 0 Å². The van der Waals surface area contributed by atoms with Gasteiger partial charge >= 0.3 is 23.9 Å². The van der Waals surface area contributed by atoms with Gasteiger partial charge in [-0.05, 0) is 44.5 Å². The number of methoxy groups -OCH3 is 1. The summed E-state index contributed by atoms with van der Waals surface area (Å²) in [6.07, 6.45) is -5.64. The number of hydrogen-bond acceptors (Lipinski definition) is 15. The highest BCUT2D eigenvalue weighted by Crippen LogP contribution is 2.41. The van der Waals surface area contributed by atoms with Crippen LogP contribution in [0.25, 0.3) is 22.3 Å². The molecular weight excluding hydrogens is 660 g/mol. The number of carbonyl (C=O) groups is 4. The van der Waals surface area contributed by atoms with Gasteiger partial charge in [-0.2, -0.15) is 0 Å². The van der Waals surface area contributed by atoms with Crippen molar-refractivity contribution in [3.05, 3.63) is 57.8 Å². The van der Waals surface area contributed by atoms with Gasteiger partial charge in [0.1, 0.15) is 40.9 Å². The van der Waals surface area contributed by atoms with Crippen LogP contribution in [-0.4, -0.2) is 78.5 Å². The second-order valence-electron chi connectivity index (χ2n) is 11.6. The summed E-state index contributed by atoms with van der Waals surface area (Å²) < 4.78 is 45.2. The predicted octanol–water partition coefficient (Wildman–Crippen LogP) is 3.85. The number of fused-ring (bicyclic) bond motifs is 1. The van der Waals surface area contributed by atoms with Crippen molar-refractivity contribution >= 4 is 34.8 Å². The zero-order chi connectivity index (χ0) is 36.9. The van der Waals surface area contributed by atoms with Crippen LogP contribution in [0.1, 0.15) is 47.1 Å². The molecule has 1 aromatic heterocycles. The van der Waals surface area contributed by atoms with Crippen LogP contribution in [0.3, 0.4) is 0 Å².